The van der Waals surface area contributed by atoms with Gasteiger partial charge in [-0.3, -0.25) is 9.69 Å². The van der Waals surface area contributed by atoms with Gasteiger partial charge in [0.15, 0.2) is 0 Å². The Morgan fingerprint density at radius 1 is 1.60 bits per heavy atom. The lowest BCUT2D eigenvalue weighted by Gasteiger charge is -2.31. The number of carbonyl (C=O) groups excluding carboxylic acids is 1. The molecule has 1 aromatic carbocycles. The number of nitrogens with zero attached hydrogens (tertiary/aromatic N) is 2. The lowest BCUT2D eigenvalue weighted by atomic mass is 9.97. The molecular weight excluding hydrogens is 259 g/mol. The Balaban J connectivity index is 2.03. The highest BCUT2D eigenvalue weighted by Gasteiger charge is 2.26. The SMILES string of the molecule is COC(=O)[C@H]1CCCN(Cc2ccc(C#N)cc2F)C1. The third-order valence-electron chi connectivity index (χ3n) is 3.62. The Hall–Kier alpha value is -1.93. The average Bonchev–Trinajstić information content (AvgIpc) is 2.48. The van der Waals surface area contributed by atoms with Crippen LogP contribution in [0.5, 0.6) is 0 Å². The van der Waals surface area contributed by atoms with Gasteiger partial charge in [0, 0.05) is 18.7 Å². The maximum atomic E-state index is 13.8. The first-order chi connectivity index (χ1) is 9.63. The normalized spacial score (nSPS) is 19.4. The first-order valence-electron chi connectivity index (χ1n) is 6.62. The van der Waals surface area contributed by atoms with E-state index in [1.807, 2.05) is 6.07 Å². The molecule has 20 heavy (non-hydrogen) atoms. The minimum absolute atomic E-state index is 0.129. The largest absolute Gasteiger partial charge is 0.469 e. The van der Waals surface area contributed by atoms with Crippen molar-refractivity contribution in [2.45, 2.75) is 19.4 Å². The lowest BCUT2D eigenvalue weighted by Crippen LogP contribution is -2.38. The summed E-state index contributed by atoms with van der Waals surface area (Å²) in [6, 6.07) is 6.41. The maximum absolute atomic E-state index is 13.8. The van der Waals surface area contributed by atoms with E-state index < -0.39 is 0 Å². The summed E-state index contributed by atoms with van der Waals surface area (Å²) in [6.45, 7) is 1.88. The zero-order valence-corrected chi connectivity index (χ0v) is 11.4. The van der Waals surface area contributed by atoms with Crippen molar-refractivity contribution in [2.75, 3.05) is 20.2 Å². The Morgan fingerprint density at radius 2 is 2.40 bits per heavy atom. The highest BCUT2D eigenvalue weighted by atomic mass is 19.1. The van der Waals surface area contributed by atoms with Gasteiger partial charge in [-0.1, -0.05) is 6.07 Å². The number of rotatable bonds is 3. The van der Waals surface area contributed by atoms with Crippen molar-refractivity contribution >= 4 is 5.97 Å². The molecule has 5 heteroatoms. The summed E-state index contributed by atoms with van der Waals surface area (Å²) >= 11 is 0. The number of hydrogen-bond acceptors (Lipinski definition) is 4. The van der Waals surface area contributed by atoms with Gasteiger partial charge in [-0.05, 0) is 31.5 Å². The fourth-order valence-electron chi connectivity index (χ4n) is 2.54. The van der Waals surface area contributed by atoms with Gasteiger partial charge in [0.25, 0.3) is 0 Å². The van der Waals surface area contributed by atoms with Crippen molar-refractivity contribution < 1.29 is 13.9 Å². The summed E-state index contributed by atoms with van der Waals surface area (Å²) in [5.41, 5.74) is 0.867. The lowest BCUT2D eigenvalue weighted by molar-refractivity contribution is -0.147. The molecule has 0 N–H and O–H groups in total. The Bertz CT molecular complexity index is 539. The monoisotopic (exact) mass is 276 g/mol. The van der Waals surface area contributed by atoms with Gasteiger partial charge in [-0.25, -0.2) is 4.39 Å². The molecule has 1 aliphatic rings. The molecule has 0 aromatic heterocycles. The molecule has 0 radical (unpaired) electrons. The van der Waals surface area contributed by atoms with E-state index in [9.17, 15) is 9.18 Å². The van der Waals surface area contributed by atoms with Gasteiger partial charge in [-0.15, -0.1) is 0 Å². The van der Waals surface area contributed by atoms with E-state index >= 15 is 0 Å². The molecule has 0 bridgehead atoms. The number of piperidine rings is 1. The summed E-state index contributed by atoms with van der Waals surface area (Å²) in [5.74, 6) is -0.700. The smallest absolute Gasteiger partial charge is 0.309 e. The number of halogens is 1. The van der Waals surface area contributed by atoms with Crippen LogP contribution in [0.3, 0.4) is 0 Å². The van der Waals surface area contributed by atoms with Crippen molar-refractivity contribution in [1.29, 1.82) is 5.26 Å². The topological polar surface area (TPSA) is 53.3 Å². The molecule has 0 amide bonds. The second-order valence-corrected chi connectivity index (χ2v) is 5.02. The van der Waals surface area contributed by atoms with Crippen LogP contribution in [0.15, 0.2) is 18.2 Å². The number of carbonyl (C=O) groups is 1. The van der Waals surface area contributed by atoms with Crippen molar-refractivity contribution in [3.05, 3.63) is 35.1 Å². The van der Waals surface area contributed by atoms with E-state index in [1.165, 1.54) is 13.2 Å². The van der Waals surface area contributed by atoms with Gasteiger partial charge >= 0.3 is 5.97 Å². The molecule has 106 valence electrons. The number of esters is 1. The predicted octanol–water partition coefficient (Wildman–Crippen LogP) is 2.08. The average molecular weight is 276 g/mol. The molecule has 0 saturated carbocycles. The molecule has 1 saturated heterocycles. The standard InChI is InChI=1S/C15H17FN2O2/c1-20-15(19)13-3-2-6-18(10-13)9-12-5-4-11(8-17)7-14(12)16/h4-5,7,13H,2-3,6,9-10H2,1H3/t13-/m0/s1. The third kappa shape index (κ3) is 3.34. The number of nitriles is 1. The number of benzene rings is 1. The molecule has 2 rings (SSSR count). The van der Waals surface area contributed by atoms with Gasteiger partial charge in [0.2, 0.25) is 0 Å². The van der Waals surface area contributed by atoms with Gasteiger partial charge in [-0.2, -0.15) is 5.26 Å². The van der Waals surface area contributed by atoms with Crippen LogP contribution >= 0.6 is 0 Å². The molecule has 1 aliphatic heterocycles. The first-order valence-corrected chi connectivity index (χ1v) is 6.62. The van der Waals surface area contributed by atoms with E-state index in [0.29, 0.717) is 24.2 Å². The third-order valence-corrected chi connectivity index (χ3v) is 3.62. The van der Waals surface area contributed by atoms with Crippen molar-refractivity contribution in [1.82, 2.24) is 4.90 Å². The van der Waals surface area contributed by atoms with Crippen LogP contribution in [0, 0.1) is 23.1 Å². The van der Waals surface area contributed by atoms with Crippen LogP contribution in [0.25, 0.3) is 0 Å². The molecular formula is C15H17FN2O2. The fourth-order valence-corrected chi connectivity index (χ4v) is 2.54. The van der Waals surface area contributed by atoms with Crippen LogP contribution in [0.2, 0.25) is 0 Å². The molecule has 1 fully saturated rings. The second kappa shape index (κ2) is 6.49. The molecule has 1 heterocycles. The fraction of sp³-hybridized carbons (Fsp3) is 0.467. The highest BCUT2D eigenvalue weighted by molar-refractivity contribution is 5.72. The van der Waals surface area contributed by atoms with Crippen molar-refractivity contribution in [3.8, 4) is 6.07 Å². The van der Waals surface area contributed by atoms with E-state index in [0.717, 1.165) is 19.4 Å². The summed E-state index contributed by atoms with van der Waals surface area (Å²) < 4.78 is 18.6. The molecule has 1 atom stereocenters. The zero-order chi connectivity index (χ0) is 14.5. The summed E-state index contributed by atoms with van der Waals surface area (Å²) in [5, 5.41) is 8.72. The predicted molar refractivity (Wildman–Crippen MR) is 71.1 cm³/mol. The molecule has 0 aliphatic carbocycles. The number of ether oxygens (including phenoxy) is 1. The van der Waals surface area contributed by atoms with E-state index in [-0.39, 0.29) is 17.7 Å². The molecule has 4 nitrogen and oxygen atoms in total. The van der Waals surface area contributed by atoms with Crippen LogP contribution in [0.1, 0.15) is 24.0 Å². The van der Waals surface area contributed by atoms with Crippen molar-refractivity contribution in [2.24, 2.45) is 5.92 Å². The zero-order valence-electron chi connectivity index (χ0n) is 11.4. The summed E-state index contributed by atoms with van der Waals surface area (Å²) in [4.78, 5) is 13.6. The van der Waals surface area contributed by atoms with Gasteiger partial charge < -0.3 is 4.74 Å². The Morgan fingerprint density at radius 3 is 3.05 bits per heavy atom. The summed E-state index contributed by atoms with van der Waals surface area (Å²) in [7, 11) is 1.39. The van der Waals surface area contributed by atoms with Gasteiger partial charge in [0.05, 0.1) is 24.7 Å². The summed E-state index contributed by atoms with van der Waals surface area (Å²) in [6.07, 6.45) is 1.72. The van der Waals surface area contributed by atoms with E-state index in [1.54, 1.807) is 12.1 Å². The Kier molecular flexibility index (Phi) is 4.70. The highest BCUT2D eigenvalue weighted by Crippen LogP contribution is 2.21. The molecule has 1 aromatic rings. The van der Waals surface area contributed by atoms with Gasteiger partial charge in [0.1, 0.15) is 5.82 Å². The molecule has 0 spiro atoms. The van der Waals surface area contributed by atoms with Crippen LogP contribution < -0.4 is 0 Å². The van der Waals surface area contributed by atoms with Crippen LogP contribution in [-0.2, 0) is 16.1 Å². The molecule has 0 unspecified atom stereocenters. The number of methoxy groups -OCH3 is 1. The first kappa shape index (κ1) is 14.5. The number of hydrogen-bond donors (Lipinski definition) is 0. The van der Waals surface area contributed by atoms with E-state index in [4.69, 9.17) is 10.00 Å². The minimum Gasteiger partial charge on any atom is -0.469 e. The van der Waals surface area contributed by atoms with Crippen LogP contribution in [0.4, 0.5) is 4.39 Å². The maximum Gasteiger partial charge on any atom is 0.309 e. The van der Waals surface area contributed by atoms with E-state index in [2.05, 4.69) is 4.90 Å². The van der Waals surface area contributed by atoms with Crippen LogP contribution in [-0.4, -0.2) is 31.1 Å². The second-order valence-electron chi connectivity index (χ2n) is 5.02. The number of likely N-dealkylation sites (tertiary alicyclic amines) is 1. The van der Waals surface area contributed by atoms with Crippen molar-refractivity contribution in [3.63, 3.8) is 0 Å². The minimum atomic E-state index is -0.371. The Labute approximate surface area is 117 Å². The quantitative estimate of drug-likeness (QED) is 0.793.